The van der Waals surface area contributed by atoms with Gasteiger partial charge in [-0.3, -0.25) is 9.59 Å². The van der Waals surface area contributed by atoms with Crippen molar-refractivity contribution in [2.24, 2.45) is 5.73 Å². The van der Waals surface area contributed by atoms with Crippen molar-refractivity contribution < 1.29 is 19.5 Å². The third kappa shape index (κ3) is 4.24. The van der Waals surface area contributed by atoms with Gasteiger partial charge < -0.3 is 16.2 Å². The number of carbonyl (C=O) groups is 3. The second-order valence-electron chi connectivity index (χ2n) is 6.37. The van der Waals surface area contributed by atoms with Crippen LogP contribution in [0.3, 0.4) is 0 Å². The standard InChI is InChI=1S/C22H18N2O4/c1-13-2-8-19(9-3-13)24-21(26)17-10-16(11-18(12-17)22(27)28)14-4-6-15(7-5-14)20(23)25/h2-12H,1H3,(H2,23,25)(H,24,26)(H,27,28). The number of aryl methyl sites for hydroxylation is 1. The molecule has 4 N–H and O–H groups in total. The van der Waals surface area contributed by atoms with Crippen molar-refractivity contribution in [3.8, 4) is 11.1 Å². The summed E-state index contributed by atoms with van der Waals surface area (Å²) < 4.78 is 0. The third-order valence-corrected chi connectivity index (χ3v) is 4.25. The van der Waals surface area contributed by atoms with Crippen LogP contribution < -0.4 is 11.1 Å². The van der Waals surface area contributed by atoms with Gasteiger partial charge in [0.25, 0.3) is 5.91 Å². The van der Waals surface area contributed by atoms with Crippen LogP contribution in [0.5, 0.6) is 0 Å². The molecule has 3 rings (SSSR count). The molecule has 140 valence electrons. The number of benzene rings is 3. The predicted octanol–water partition coefficient (Wildman–Crippen LogP) is 3.71. The Bertz CT molecular complexity index is 1050. The first-order valence-electron chi connectivity index (χ1n) is 8.50. The molecule has 2 amide bonds. The number of aromatic carboxylic acids is 1. The van der Waals surface area contributed by atoms with Gasteiger partial charge in [-0.05, 0) is 60.5 Å². The van der Waals surface area contributed by atoms with E-state index in [2.05, 4.69) is 5.32 Å². The summed E-state index contributed by atoms with van der Waals surface area (Å²) in [5.74, 6) is -2.11. The van der Waals surface area contributed by atoms with Crippen LogP contribution in [0.1, 0.15) is 36.6 Å². The molecule has 0 unspecified atom stereocenters. The monoisotopic (exact) mass is 374 g/mol. The fourth-order valence-electron chi connectivity index (χ4n) is 2.72. The maximum Gasteiger partial charge on any atom is 0.335 e. The molecular weight excluding hydrogens is 356 g/mol. The van der Waals surface area contributed by atoms with E-state index < -0.39 is 17.8 Å². The van der Waals surface area contributed by atoms with E-state index in [1.165, 1.54) is 12.1 Å². The fraction of sp³-hybridized carbons (Fsp3) is 0.0455. The lowest BCUT2D eigenvalue weighted by Gasteiger charge is -2.10. The number of nitrogens with one attached hydrogen (secondary N) is 1. The van der Waals surface area contributed by atoms with E-state index in [0.717, 1.165) is 5.56 Å². The number of nitrogens with two attached hydrogens (primary N) is 1. The van der Waals surface area contributed by atoms with Gasteiger partial charge in [-0.1, -0.05) is 29.8 Å². The third-order valence-electron chi connectivity index (χ3n) is 4.25. The summed E-state index contributed by atoms with van der Waals surface area (Å²) in [6, 6.07) is 18.1. The quantitative estimate of drug-likeness (QED) is 0.632. The molecule has 6 nitrogen and oxygen atoms in total. The zero-order chi connectivity index (χ0) is 20.3. The molecule has 3 aromatic carbocycles. The van der Waals surface area contributed by atoms with Gasteiger partial charge >= 0.3 is 5.97 Å². The molecule has 0 saturated heterocycles. The molecule has 0 saturated carbocycles. The molecule has 3 aromatic rings. The molecule has 0 atom stereocenters. The summed E-state index contributed by atoms with van der Waals surface area (Å²) in [7, 11) is 0. The van der Waals surface area contributed by atoms with Gasteiger partial charge in [-0.15, -0.1) is 0 Å². The van der Waals surface area contributed by atoms with Crippen LogP contribution in [0, 0.1) is 6.92 Å². The average Bonchev–Trinajstić information content (AvgIpc) is 2.69. The van der Waals surface area contributed by atoms with Crippen molar-refractivity contribution in [1.29, 1.82) is 0 Å². The molecule has 0 aliphatic rings. The second-order valence-corrected chi connectivity index (χ2v) is 6.37. The van der Waals surface area contributed by atoms with E-state index >= 15 is 0 Å². The van der Waals surface area contributed by atoms with E-state index in [0.29, 0.717) is 22.4 Å². The zero-order valence-electron chi connectivity index (χ0n) is 15.1. The number of hydrogen-bond donors (Lipinski definition) is 3. The van der Waals surface area contributed by atoms with Gasteiger partial charge in [-0.25, -0.2) is 4.79 Å². The van der Waals surface area contributed by atoms with Gasteiger partial charge in [0.05, 0.1) is 5.56 Å². The zero-order valence-corrected chi connectivity index (χ0v) is 15.1. The Morgan fingerprint density at radius 3 is 1.96 bits per heavy atom. The molecule has 0 aliphatic carbocycles. The first-order valence-corrected chi connectivity index (χ1v) is 8.50. The van der Waals surface area contributed by atoms with Gasteiger partial charge in [0.15, 0.2) is 0 Å². The van der Waals surface area contributed by atoms with Crippen molar-refractivity contribution in [2.75, 3.05) is 5.32 Å². The normalized spacial score (nSPS) is 10.3. The Labute approximate surface area is 161 Å². The Morgan fingerprint density at radius 1 is 0.786 bits per heavy atom. The molecule has 0 aliphatic heterocycles. The Balaban J connectivity index is 1.97. The van der Waals surface area contributed by atoms with Gasteiger partial charge in [0, 0.05) is 16.8 Å². The Hall–Kier alpha value is -3.93. The topological polar surface area (TPSA) is 109 Å². The fourth-order valence-corrected chi connectivity index (χ4v) is 2.72. The summed E-state index contributed by atoms with van der Waals surface area (Å²) >= 11 is 0. The summed E-state index contributed by atoms with van der Waals surface area (Å²) in [4.78, 5) is 35.4. The highest BCUT2D eigenvalue weighted by Gasteiger charge is 2.14. The maximum absolute atomic E-state index is 12.6. The number of carbonyl (C=O) groups excluding carboxylic acids is 2. The van der Waals surface area contributed by atoms with Crippen molar-refractivity contribution in [3.63, 3.8) is 0 Å². The number of primary amides is 1. The number of rotatable bonds is 5. The lowest BCUT2D eigenvalue weighted by atomic mass is 9.98. The Kier molecular flexibility index (Phi) is 5.22. The average molecular weight is 374 g/mol. The number of carboxylic acids is 1. The molecular formula is C22H18N2O4. The van der Waals surface area contributed by atoms with Gasteiger partial charge in [0.2, 0.25) is 5.91 Å². The smallest absolute Gasteiger partial charge is 0.335 e. The van der Waals surface area contributed by atoms with Crippen molar-refractivity contribution in [2.45, 2.75) is 6.92 Å². The minimum absolute atomic E-state index is 0.00876. The van der Waals surface area contributed by atoms with Crippen molar-refractivity contribution >= 4 is 23.5 Å². The van der Waals surface area contributed by atoms with Crippen LogP contribution in [-0.2, 0) is 0 Å². The molecule has 0 spiro atoms. The first-order chi connectivity index (χ1) is 13.3. The van der Waals surface area contributed by atoms with Crippen molar-refractivity contribution in [3.05, 3.63) is 89.0 Å². The van der Waals surface area contributed by atoms with Crippen LogP contribution in [0.15, 0.2) is 66.7 Å². The lowest BCUT2D eigenvalue weighted by molar-refractivity contribution is 0.0696. The number of amides is 2. The highest BCUT2D eigenvalue weighted by atomic mass is 16.4. The molecule has 0 fully saturated rings. The van der Waals surface area contributed by atoms with E-state index in [1.54, 1.807) is 42.5 Å². The number of carboxylic acid groups (broad SMARTS) is 1. The minimum Gasteiger partial charge on any atom is -0.478 e. The lowest BCUT2D eigenvalue weighted by Crippen LogP contribution is -2.13. The summed E-state index contributed by atoms with van der Waals surface area (Å²) in [5.41, 5.74) is 8.68. The summed E-state index contributed by atoms with van der Waals surface area (Å²) in [6.45, 7) is 1.94. The molecule has 6 heteroatoms. The van der Waals surface area contributed by atoms with E-state index in [4.69, 9.17) is 5.73 Å². The van der Waals surface area contributed by atoms with Crippen LogP contribution in [0.4, 0.5) is 5.69 Å². The summed E-state index contributed by atoms with van der Waals surface area (Å²) in [5, 5.41) is 12.2. The maximum atomic E-state index is 12.6. The van der Waals surface area contributed by atoms with E-state index in [-0.39, 0.29) is 11.1 Å². The SMILES string of the molecule is Cc1ccc(NC(=O)c2cc(C(=O)O)cc(-c3ccc(C(N)=O)cc3)c2)cc1. The van der Waals surface area contributed by atoms with Gasteiger partial charge in [-0.2, -0.15) is 0 Å². The van der Waals surface area contributed by atoms with E-state index in [1.807, 2.05) is 19.1 Å². The van der Waals surface area contributed by atoms with Crippen LogP contribution in [-0.4, -0.2) is 22.9 Å². The van der Waals surface area contributed by atoms with Crippen molar-refractivity contribution in [1.82, 2.24) is 0 Å². The second kappa shape index (κ2) is 7.75. The molecule has 0 radical (unpaired) electrons. The highest BCUT2D eigenvalue weighted by Crippen LogP contribution is 2.24. The highest BCUT2D eigenvalue weighted by molar-refractivity contribution is 6.06. The molecule has 0 bridgehead atoms. The first kappa shape index (κ1) is 18.8. The molecule has 28 heavy (non-hydrogen) atoms. The van der Waals surface area contributed by atoms with Crippen LogP contribution in [0.25, 0.3) is 11.1 Å². The largest absolute Gasteiger partial charge is 0.478 e. The number of hydrogen-bond acceptors (Lipinski definition) is 3. The predicted molar refractivity (Wildman–Crippen MR) is 106 cm³/mol. The Morgan fingerprint density at radius 2 is 1.39 bits per heavy atom. The molecule has 0 heterocycles. The minimum atomic E-state index is -1.14. The van der Waals surface area contributed by atoms with Crippen LogP contribution in [0.2, 0.25) is 0 Å². The van der Waals surface area contributed by atoms with Crippen LogP contribution >= 0.6 is 0 Å². The number of anilines is 1. The molecule has 0 aromatic heterocycles. The van der Waals surface area contributed by atoms with E-state index in [9.17, 15) is 19.5 Å². The summed E-state index contributed by atoms with van der Waals surface area (Å²) in [6.07, 6.45) is 0. The van der Waals surface area contributed by atoms with Gasteiger partial charge in [0.1, 0.15) is 0 Å².